The van der Waals surface area contributed by atoms with Crippen molar-refractivity contribution in [3.8, 4) is 5.75 Å². The summed E-state index contributed by atoms with van der Waals surface area (Å²) in [6, 6.07) is 4.10. The van der Waals surface area contributed by atoms with Crippen LogP contribution in [0.1, 0.15) is 44.4 Å². The number of carbonyl (C=O) groups excluding carboxylic acids is 1. The van der Waals surface area contributed by atoms with Crippen molar-refractivity contribution >= 4 is 5.97 Å². The molecule has 1 aromatic rings. The van der Waals surface area contributed by atoms with Crippen LogP contribution in [0.5, 0.6) is 5.75 Å². The van der Waals surface area contributed by atoms with E-state index in [1.165, 1.54) is 5.56 Å². The van der Waals surface area contributed by atoms with E-state index in [1.54, 1.807) is 6.92 Å². The first-order valence-corrected chi connectivity index (χ1v) is 6.12. The predicted molar refractivity (Wildman–Crippen MR) is 75.1 cm³/mol. The third-order valence-corrected chi connectivity index (χ3v) is 2.77. The lowest BCUT2D eigenvalue weighted by molar-refractivity contribution is -0.130. The average molecular weight is 246 g/mol. The summed E-state index contributed by atoms with van der Waals surface area (Å²) in [7, 11) is 0. The van der Waals surface area contributed by atoms with Crippen molar-refractivity contribution in [2.45, 2.75) is 47.0 Å². The van der Waals surface area contributed by atoms with Crippen molar-refractivity contribution in [2.75, 3.05) is 0 Å². The normalized spacial score (nSPS) is 11.2. The van der Waals surface area contributed by atoms with E-state index in [9.17, 15) is 4.79 Å². The molecule has 0 N–H and O–H groups in total. The highest BCUT2D eigenvalue weighted by molar-refractivity contribution is 5.89. The van der Waals surface area contributed by atoms with E-state index in [1.807, 2.05) is 19.9 Å². The molecule has 0 aliphatic rings. The van der Waals surface area contributed by atoms with Crippen LogP contribution in [-0.4, -0.2) is 5.97 Å². The Morgan fingerprint density at radius 2 is 1.78 bits per heavy atom. The van der Waals surface area contributed by atoms with Gasteiger partial charge in [-0.15, -0.1) is 0 Å². The van der Waals surface area contributed by atoms with Gasteiger partial charge >= 0.3 is 5.97 Å². The molecule has 0 aliphatic carbocycles. The van der Waals surface area contributed by atoms with Crippen molar-refractivity contribution in [1.29, 1.82) is 0 Å². The Morgan fingerprint density at radius 1 is 1.22 bits per heavy atom. The molecule has 0 bridgehead atoms. The molecule has 0 aromatic heterocycles. The fourth-order valence-electron chi connectivity index (χ4n) is 1.83. The minimum Gasteiger partial charge on any atom is -0.423 e. The number of hydrogen-bond acceptors (Lipinski definition) is 2. The largest absolute Gasteiger partial charge is 0.423 e. The lowest BCUT2D eigenvalue weighted by atomic mass is 9.84. The lowest BCUT2D eigenvalue weighted by Crippen LogP contribution is -2.17. The van der Waals surface area contributed by atoms with E-state index >= 15 is 0 Å². The average Bonchev–Trinajstić information content (AvgIpc) is 2.19. The summed E-state index contributed by atoms with van der Waals surface area (Å²) in [5, 5.41) is 0. The summed E-state index contributed by atoms with van der Waals surface area (Å²) in [6.45, 7) is 15.6. The molecule has 1 aromatic carbocycles. The zero-order valence-corrected chi connectivity index (χ0v) is 12.2. The van der Waals surface area contributed by atoms with Gasteiger partial charge < -0.3 is 4.74 Å². The SMILES string of the molecule is C=C(C)C(=O)Oc1c(C)cc(C)cc1C(C)(C)C. The van der Waals surface area contributed by atoms with Gasteiger partial charge in [0, 0.05) is 11.1 Å². The number of ether oxygens (including phenoxy) is 1. The van der Waals surface area contributed by atoms with E-state index in [4.69, 9.17) is 4.74 Å². The predicted octanol–water partition coefficient (Wildman–Crippen LogP) is 4.08. The minimum atomic E-state index is -0.368. The second kappa shape index (κ2) is 4.97. The zero-order valence-electron chi connectivity index (χ0n) is 12.2. The van der Waals surface area contributed by atoms with E-state index in [2.05, 4.69) is 33.4 Å². The maximum atomic E-state index is 11.7. The van der Waals surface area contributed by atoms with Gasteiger partial charge in [-0.25, -0.2) is 4.79 Å². The van der Waals surface area contributed by atoms with Crippen LogP contribution in [0.15, 0.2) is 24.3 Å². The molecule has 1 rings (SSSR count). The monoisotopic (exact) mass is 246 g/mol. The number of rotatable bonds is 2. The summed E-state index contributed by atoms with van der Waals surface area (Å²) in [5.41, 5.74) is 3.55. The molecule has 2 nitrogen and oxygen atoms in total. The second-order valence-electron chi connectivity index (χ2n) is 5.88. The summed E-state index contributed by atoms with van der Waals surface area (Å²) in [6.07, 6.45) is 0. The molecule has 98 valence electrons. The van der Waals surface area contributed by atoms with Gasteiger partial charge in [-0.1, -0.05) is 45.0 Å². The van der Waals surface area contributed by atoms with Gasteiger partial charge in [0.25, 0.3) is 0 Å². The van der Waals surface area contributed by atoms with Crippen molar-refractivity contribution < 1.29 is 9.53 Å². The fourth-order valence-corrected chi connectivity index (χ4v) is 1.83. The van der Waals surface area contributed by atoms with E-state index in [0.717, 1.165) is 11.1 Å². The molecule has 0 aliphatic heterocycles. The first-order valence-electron chi connectivity index (χ1n) is 6.12. The van der Waals surface area contributed by atoms with E-state index in [-0.39, 0.29) is 11.4 Å². The van der Waals surface area contributed by atoms with Gasteiger partial charge in [0.15, 0.2) is 0 Å². The molecule has 0 spiro atoms. The van der Waals surface area contributed by atoms with Gasteiger partial charge in [0.1, 0.15) is 5.75 Å². The first kappa shape index (κ1) is 14.5. The molecule has 0 saturated carbocycles. The molecular formula is C16H22O2. The van der Waals surface area contributed by atoms with E-state index < -0.39 is 0 Å². The number of hydrogen-bond donors (Lipinski definition) is 0. The molecule has 0 saturated heterocycles. The van der Waals surface area contributed by atoms with Gasteiger partial charge in [-0.2, -0.15) is 0 Å². The highest BCUT2D eigenvalue weighted by Crippen LogP contribution is 2.35. The standard InChI is InChI=1S/C16H22O2/c1-10(2)15(17)18-14-12(4)8-11(3)9-13(14)16(5,6)7/h8-9H,1H2,2-7H3. The Balaban J connectivity index is 3.33. The van der Waals surface area contributed by atoms with Crippen LogP contribution in [0.4, 0.5) is 0 Å². The Kier molecular flexibility index (Phi) is 4.00. The molecule has 0 radical (unpaired) electrons. The Morgan fingerprint density at radius 3 is 2.22 bits per heavy atom. The quantitative estimate of drug-likeness (QED) is 0.446. The Labute approximate surface area is 110 Å². The van der Waals surface area contributed by atoms with Crippen LogP contribution in [-0.2, 0) is 10.2 Å². The highest BCUT2D eigenvalue weighted by atomic mass is 16.5. The summed E-state index contributed by atoms with van der Waals surface area (Å²) >= 11 is 0. The first-order chi connectivity index (χ1) is 8.12. The van der Waals surface area contributed by atoms with Crippen molar-refractivity contribution in [3.63, 3.8) is 0 Å². The fraction of sp³-hybridized carbons (Fsp3) is 0.438. The smallest absolute Gasteiger partial charge is 0.338 e. The zero-order chi connectivity index (χ0) is 14.1. The summed E-state index contributed by atoms with van der Waals surface area (Å²) in [4.78, 5) is 11.7. The van der Waals surface area contributed by atoms with Crippen LogP contribution >= 0.6 is 0 Å². The van der Waals surface area contributed by atoms with Gasteiger partial charge in [-0.05, 0) is 31.7 Å². The molecule has 18 heavy (non-hydrogen) atoms. The molecule has 0 atom stereocenters. The number of benzene rings is 1. The maximum Gasteiger partial charge on any atom is 0.338 e. The Hall–Kier alpha value is -1.57. The van der Waals surface area contributed by atoms with Crippen LogP contribution in [0.3, 0.4) is 0 Å². The van der Waals surface area contributed by atoms with Gasteiger partial charge in [0.2, 0.25) is 0 Å². The minimum absolute atomic E-state index is 0.0680. The molecule has 0 amide bonds. The molecular weight excluding hydrogens is 224 g/mol. The van der Waals surface area contributed by atoms with Gasteiger partial charge in [0.05, 0.1) is 0 Å². The highest BCUT2D eigenvalue weighted by Gasteiger charge is 2.22. The third-order valence-electron chi connectivity index (χ3n) is 2.77. The maximum absolute atomic E-state index is 11.7. The van der Waals surface area contributed by atoms with Crippen molar-refractivity contribution in [1.82, 2.24) is 0 Å². The summed E-state index contributed by atoms with van der Waals surface area (Å²) < 4.78 is 5.48. The van der Waals surface area contributed by atoms with Crippen molar-refractivity contribution in [2.24, 2.45) is 0 Å². The van der Waals surface area contributed by atoms with Crippen molar-refractivity contribution in [3.05, 3.63) is 41.0 Å². The number of esters is 1. The van der Waals surface area contributed by atoms with Crippen LogP contribution in [0, 0.1) is 13.8 Å². The molecule has 0 fully saturated rings. The van der Waals surface area contributed by atoms with Gasteiger partial charge in [-0.3, -0.25) is 0 Å². The van der Waals surface area contributed by atoms with Crippen LogP contribution in [0.25, 0.3) is 0 Å². The van der Waals surface area contributed by atoms with Crippen LogP contribution in [0.2, 0.25) is 0 Å². The summed E-state index contributed by atoms with van der Waals surface area (Å²) in [5.74, 6) is 0.300. The molecule has 0 unspecified atom stereocenters. The Bertz CT molecular complexity index is 491. The topological polar surface area (TPSA) is 26.3 Å². The molecule has 2 heteroatoms. The lowest BCUT2D eigenvalue weighted by Gasteiger charge is -2.24. The van der Waals surface area contributed by atoms with Crippen LogP contribution < -0.4 is 4.74 Å². The second-order valence-corrected chi connectivity index (χ2v) is 5.88. The molecule has 0 heterocycles. The third kappa shape index (κ3) is 3.22. The number of aryl methyl sites for hydroxylation is 2. The number of carbonyl (C=O) groups is 1. The van der Waals surface area contributed by atoms with E-state index in [0.29, 0.717) is 11.3 Å².